The number of rotatable bonds is 5. The van der Waals surface area contributed by atoms with E-state index >= 15 is 0 Å². The van der Waals surface area contributed by atoms with Crippen molar-refractivity contribution in [2.24, 2.45) is 17.8 Å². The number of nitrogens with zero attached hydrogens (tertiary/aromatic N) is 3. The number of H-pyrrole nitrogens is 1. The zero-order chi connectivity index (χ0) is 18.1. The summed E-state index contributed by atoms with van der Waals surface area (Å²) in [5.74, 6) is 3.43. The van der Waals surface area contributed by atoms with Gasteiger partial charge in [-0.25, -0.2) is 0 Å². The Morgan fingerprint density at radius 2 is 1.89 bits per heavy atom. The van der Waals surface area contributed by atoms with Gasteiger partial charge < -0.3 is 19.9 Å². The highest BCUT2D eigenvalue weighted by Crippen LogP contribution is 2.39. The third kappa shape index (κ3) is 3.87. The van der Waals surface area contributed by atoms with Crippen LogP contribution in [0.15, 0.2) is 30.6 Å². The zero-order valence-electron chi connectivity index (χ0n) is 15.8. The molecule has 2 aromatic rings. The summed E-state index contributed by atoms with van der Waals surface area (Å²) in [5, 5.41) is 12.4. The van der Waals surface area contributed by atoms with Crippen LogP contribution in [0.25, 0.3) is 11.3 Å². The minimum Gasteiger partial charge on any atom is -0.381 e. The van der Waals surface area contributed by atoms with Gasteiger partial charge in [-0.15, -0.1) is 10.2 Å². The van der Waals surface area contributed by atoms with E-state index in [0.29, 0.717) is 6.04 Å². The first-order chi connectivity index (χ1) is 13.3. The van der Waals surface area contributed by atoms with Gasteiger partial charge in [0.2, 0.25) is 0 Å². The molecule has 2 aromatic heterocycles. The van der Waals surface area contributed by atoms with Gasteiger partial charge in [0.15, 0.2) is 0 Å². The van der Waals surface area contributed by atoms with Crippen LogP contribution in [0.3, 0.4) is 0 Å². The van der Waals surface area contributed by atoms with Crippen LogP contribution >= 0.6 is 0 Å². The molecule has 0 spiro atoms. The smallest absolute Gasteiger partial charge is 0.148 e. The molecule has 0 unspecified atom stereocenters. The maximum atomic E-state index is 5.50. The molecule has 2 aliphatic heterocycles. The van der Waals surface area contributed by atoms with Crippen LogP contribution < -0.4 is 5.32 Å². The number of anilines is 1. The molecule has 144 valence electrons. The molecule has 3 aliphatic rings. The average molecular weight is 367 g/mol. The van der Waals surface area contributed by atoms with E-state index in [2.05, 4.69) is 31.5 Å². The van der Waals surface area contributed by atoms with Gasteiger partial charge in [0.25, 0.3) is 0 Å². The maximum absolute atomic E-state index is 5.50. The van der Waals surface area contributed by atoms with Crippen LogP contribution in [0.2, 0.25) is 0 Å². The maximum Gasteiger partial charge on any atom is 0.148 e. The first kappa shape index (κ1) is 17.2. The summed E-state index contributed by atoms with van der Waals surface area (Å²) in [6, 6.07) is 6.66. The molecule has 4 heterocycles. The third-order valence-corrected chi connectivity index (χ3v) is 6.59. The Hall–Kier alpha value is -1.92. The molecule has 6 heteroatoms. The van der Waals surface area contributed by atoms with Crippen molar-refractivity contribution < 1.29 is 4.74 Å². The Labute approximate surface area is 160 Å². The Morgan fingerprint density at radius 1 is 1.07 bits per heavy atom. The lowest BCUT2D eigenvalue weighted by Crippen LogP contribution is -2.32. The first-order valence-electron chi connectivity index (χ1n) is 10.4. The highest BCUT2D eigenvalue weighted by molar-refractivity contribution is 5.58. The standard InChI is InChI=1S/C21H29N5O/c1-2-21(25-24-20(1)16-3-6-22-11-16)23-19-9-17-13-26(14-18(17)10-19)12-15-4-7-27-8-5-15/h1-3,6,11,15,17-19,22H,4-5,7-10,12-14H2,(H,23,25)/t17-,18+,19+. The molecule has 0 amide bonds. The first-order valence-corrected chi connectivity index (χ1v) is 10.4. The highest BCUT2D eigenvalue weighted by atomic mass is 16.5. The number of likely N-dealkylation sites (tertiary alicyclic amines) is 1. The van der Waals surface area contributed by atoms with Gasteiger partial charge in [-0.2, -0.15) is 0 Å². The number of nitrogens with one attached hydrogen (secondary N) is 2. The second-order valence-corrected chi connectivity index (χ2v) is 8.51. The molecule has 2 saturated heterocycles. The molecular weight excluding hydrogens is 338 g/mol. The van der Waals surface area contributed by atoms with Crippen molar-refractivity contribution in [2.75, 3.05) is 38.2 Å². The molecule has 6 nitrogen and oxygen atoms in total. The van der Waals surface area contributed by atoms with E-state index in [0.717, 1.165) is 48.0 Å². The average Bonchev–Trinajstić information content (AvgIpc) is 3.40. The van der Waals surface area contributed by atoms with Gasteiger partial charge in [0.05, 0.1) is 5.69 Å². The lowest BCUT2D eigenvalue weighted by molar-refractivity contribution is 0.0545. The van der Waals surface area contributed by atoms with Gasteiger partial charge in [-0.1, -0.05) is 0 Å². The summed E-state index contributed by atoms with van der Waals surface area (Å²) in [5.41, 5.74) is 1.99. The molecular formula is C21H29N5O. The quantitative estimate of drug-likeness (QED) is 0.850. The topological polar surface area (TPSA) is 66.1 Å². The van der Waals surface area contributed by atoms with Gasteiger partial charge in [-0.05, 0) is 61.6 Å². The summed E-state index contributed by atoms with van der Waals surface area (Å²) in [4.78, 5) is 5.78. The number of ether oxygens (including phenoxy) is 1. The minimum atomic E-state index is 0.539. The Balaban J connectivity index is 1.12. The molecule has 27 heavy (non-hydrogen) atoms. The number of aromatic nitrogens is 3. The molecule has 0 radical (unpaired) electrons. The molecule has 0 bridgehead atoms. The summed E-state index contributed by atoms with van der Waals surface area (Å²) < 4.78 is 5.50. The van der Waals surface area contributed by atoms with Crippen LogP contribution in [-0.2, 0) is 4.74 Å². The van der Waals surface area contributed by atoms with Gasteiger partial charge >= 0.3 is 0 Å². The number of hydrogen-bond donors (Lipinski definition) is 2. The summed E-state index contributed by atoms with van der Waals surface area (Å²) in [6.07, 6.45) is 8.86. The molecule has 3 fully saturated rings. The molecule has 2 N–H and O–H groups in total. The number of aromatic amines is 1. The van der Waals surface area contributed by atoms with Crippen molar-refractivity contribution in [3.05, 3.63) is 30.6 Å². The van der Waals surface area contributed by atoms with Crippen molar-refractivity contribution in [3.63, 3.8) is 0 Å². The van der Waals surface area contributed by atoms with Crippen molar-refractivity contribution in [1.82, 2.24) is 20.1 Å². The predicted octanol–water partition coefficient (Wildman–Crippen LogP) is 3.02. The molecule has 0 aromatic carbocycles. The predicted molar refractivity (Wildman–Crippen MR) is 105 cm³/mol. The Bertz CT molecular complexity index is 712. The molecule has 5 rings (SSSR count). The second-order valence-electron chi connectivity index (χ2n) is 8.51. The van der Waals surface area contributed by atoms with Crippen molar-refractivity contribution in [3.8, 4) is 11.3 Å². The minimum absolute atomic E-state index is 0.539. The van der Waals surface area contributed by atoms with Crippen LogP contribution in [0.5, 0.6) is 0 Å². The van der Waals surface area contributed by atoms with E-state index in [-0.39, 0.29) is 0 Å². The fourth-order valence-corrected chi connectivity index (χ4v) is 5.21. The van der Waals surface area contributed by atoms with Gasteiger partial charge in [0.1, 0.15) is 5.82 Å². The monoisotopic (exact) mass is 367 g/mol. The van der Waals surface area contributed by atoms with Crippen molar-refractivity contribution in [1.29, 1.82) is 0 Å². The van der Waals surface area contributed by atoms with Crippen LogP contribution in [0, 0.1) is 17.8 Å². The normalized spacial score (nSPS) is 29.1. The SMILES string of the molecule is c1cc(-c2ccc(N[C@H]3C[C@@H]4CN(CC5CCOCC5)C[C@@H]4C3)nn2)c[nH]1. The molecule has 1 aliphatic carbocycles. The van der Waals surface area contributed by atoms with E-state index in [1.165, 1.54) is 45.3 Å². The third-order valence-electron chi connectivity index (χ3n) is 6.59. The van der Waals surface area contributed by atoms with Gasteiger partial charge in [-0.3, -0.25) is 0 Å². The van der Waals surface area contributed by atoms with E-state index < -0.39 is 0 Å². The fraction of sp³-hybridized carbons (Fsp3) is 0.619. The highest BCUT2D eigenvalue weighted by Gasteiger charge is 2.41. The molecule has 3 atom stereocenters. The summed E-state index contributed by atoms with van der Waals surface area (Å²) in [6.45, 7) is 5.75. The van der Waals surface area contributed by atoms with Crippen LogP contribution in [0.1, 0.15) is 25.7 Å². The zero-order valence-corrected chi connectivity index (χ0v) is 15.8. The van der Waals surface area contributed by atoms with E-state index in [9.17, 15) is 0 Å². The number of fused-ring (bicyclic) bond motifs is 1. The lowest BCUT2D eigenvalue weighted by atomic mass is 10.00. The largest absolute Gasteiger partial charge is 0.381 e. The van der Waals surface area contributed by atoms with Crippen LogP contribution in [0.4, 0.5) is 5.82 Å². The van der Waals surface area contributed by atoms with Gasteiger partial charge in [0, 0.05) is 56.8 Å². The van der Waals surface area contributed by atoms with E-state index in [1.807, 2.05) is 24.5 Å². The van der Waals surface area contributed by atoms with Crippen LogP contribution in [-0.4, -0.2) is 59.0 Å². The second kappa shape index (κ2) is 7.60. The number of hydrogen-bond acceptors (Lipinski definition) is 5. The lowest BCUT2D eigenvalue weighted by Gasteiger charge is -2.27. The van der Waals surface area contributed by atoms with Crippen molar-refractivity contribution >= 4 is 5.82 Å². The summed E-state index contributed by atoms with van der Waals surface area (Å²) >= 11 is 0. The van der Waals surface area contributed by atoms with Crippen molar-refractivity contribution in [2.45, 2.75) is 31.7 Å². The molecule has 1 saturated carbocycles. The van der Waals surface area contributed by atoms with E-state index in [4.69, 9.17) is 4.74 Å². The van der Waals surface area contributed by atoms with E-state index in [1.54, 1.807) is 0 Å². The Morgan fingerprint density at radius 3 is 2.56 bits per heavy atom. The fourth-order valence-electron chi connectivity index (χ4n) is 5.21. The summed E-state index contributed by atoms with van der Waals surface area (Å²) in [7, 11) is 0. The Kier molecular flexibility index (Phi) is 4.84.